The second-order valence-electron chi connectivity index (χ2n) is 6.65. The van der Waals surface area contributed by atoms with Crippen LogP contribution in [0.15, 0.2) is 66.0 Å². The van der Waals surface area contributed by atoms with E-state index < -0.39 is 6.04 Å². The fourth-order valence-corrected chi connectivity index (χ4v) is 3.75. The van der Waals surface area contributed by atoms with Gasteiger partial charge in [0.2, 0.25) is 5.91 Å². The normalized spacial score (nSPS) is 11.4. The lowest BCUT2D eigenvalue weighted by Crippen LogP contribution is -2.39. The second-order valence-corrected chi connectivity index (χ2v) is 7.69. The number of nitrogens with zero attached hydrogens (tertiary/aromatic N) is 1. The molecule has 0 bridgehead atoms. The van der Waals surface area contributed by atoms with Crippen LogP contribution in [-0.2, 0) is 16.0 Å². The van der Waals surface area contributed by atoms with Gasteiger partial charge in [-0.3, -0.25) is 9.59 Å². The van der Waals surface area contributed by atoms with Crippen molar-refractivity contribution in [2.45, 2.75) is 12.5 Å². The molecule has 1 atom stereocenters. The maximum atomic E-state index is 13.2. The Labute approximate surface area is 180 Å². The number of amides is 2. The largest absolute Gasteiger partial charge is 0.497 e. The van der Waals surface area contributed by atoms with Gasteiger partial charge in [-0.1, -0.05) is 18.2 Å². The number of carbonyl (C=O) groups is 2. The van der Waals surface area contributed by atoms with Gasteiger partial charge in [0.25, 0.3) is 5.91 Å². The van der Waals surface area contributed by atoms with E-state index in [0.717, 1.165) is 4.88 Å². The van der Waals surface area contributed by atoms with E-state index >= 15 is 0 Å². The highest BCUT2D eigenvalue weighted by atomic mass is 32.1. The molecule has 0 aliphatic heterocycles. The van der Waals surface area contributed by atoms with E-state index in [-0.39, 0.29) is 18.2 Å². The molecule has 6 nitrogen and oxygen atoms in total. The molecule has 1 heterocycles. The van der Waals surface area contributed by atoms with Crippen LogP contribution in [0.5, 0.6) is 11.5 Å². The number of carbonyl (C=O) groups excluding carboxylic acids is 2. The third-order valence-electron chi connectivity index (χ3n) is 4.72. The van der Waals surface area contributed by atoms with E-state index in [1.165, 1.54) is 16.2 Å². The van der Waals surface area contributed by atoms with E-state index in [9.17, 15) is 9.59 Å². The van der Waals surface area contributed by atoms with Crippen LogP contribution in [0.25, 0.3) is 0 Å². The number of nitrogens with one attached hydrogen (secondary N) is 1. The predicted octanol–water partition coefficient (Wildman–Crippen LogP) is 4.15. The van der Waals surface area contributed by atoms with Crippen molar-refractivity contribution >= 4 is 28.8 Å². The molecule has 0 aliphatic carbocycles. The van der Waals surface area contributed by atoms with Gasteiger partial charge in [0.05, 0.1) is 20.6 Å². The molecule has 2 aromatic carbocycles. The fourth-order valence-electron chi connectivity index (χ4n) is 3.05. The number of methoxy groups -OCH3 is 2. The van der Waals surface area contributed by atoms with Crippen molar-refractivity contribution in [3.63, 3.8) is 0 Å². The van der Waals surface area contributed by atoms with E-state index in [0.29, 0.717) is 22.7 Å². The summed E-state index contributed by atoms with van der Waals surface area (Å²) in [5.41, 5.74) is 1.32. The van der Waals surface area contributed by atoms with Crippen molar-refractivity contribution in [2.75, 3.05) is 26.6 Å². The smallest absolute Gasteiger partial charge is 0.251 e. The van der Waals surface area contributed by atoms with Gasteiger partial charge < -0.3 is 19.7 Å². The zero-order valence-electron chi connectivity index (χ0n) is 17.1. The van der Waals surface area contributed by atoms with Crippen molar-refractivity contribution in [2.24, 2.45) is 0 Å². The molecule has 30 heavy (non-hydrogen) atoms. The minimum atomic E-state index is -0.787. The third kappa shape index (κ3) is 5.18. The average molecular weight is 425 g/mol. The highest BCUT2D eigenvalue weighted by Gasteiger charge is 2.29. The Bertz CT molecular complexity index is 969. The third-order valence-corrected chi connectivity index (χ3v) is 5.60. The Morgan fingerprint density at radius 1 is 0.967 bits per heavy atom. The van der Waals surface area contributed by atoms with Crippen LogP contribution in [0.3, 0.4) is 0 Å². The molecular weight excluding hydrogens is 400 g/mol. The van der Waals surface area contributed by atoms with E-state index in [1.807, 2.05) is 17.5 Å². The summed E-state index contributed by atoms with van der Waals surface area (Å²) in [5.74, 6) is 0.944. The molecule has 0 unspecified atom stereocenters. The summed E-state index contributed by atoms with van der Waals surface area (Å²) < 4.78 is 10.4. The molecule has 0 fully saturated rings. The summed E-state index contributed by atoms with van der Waals surface area (Å²) >= 11 is 1.52. The molecule has 0 saturated carbocycles. The van der Waals surface area contributed by atoms with Gasteiger partial charge in [-0.05, 0) is 53.4 Å². The van der Waals surface area contributed by atoms with Gasteiger partial charge in [-0.2, -0.15) is 0 Å². The minimum Gasteiger partial charge on any atom is -0.497 e. The Hall–Kier alpha value is -3.32. The Balaban J connectivity index is 1.84. The average Bonchev–Trinajstić information content (AvgIpc) is 3.28. The van der Waals surface area contributed by atoms with Crippen molar-refractivity contribution < 1.29 is 19.1 Å². The lowest BCUT2D eigenvalue weighted by molar-refractivity contribution is -0.136. The standard InChI is InChI=1S/C23H24N2O4S/c1-25(21(26)15-20-5-4-14-30-20)22(16-6-10-18(28-2)11-7-16)23(27)24-17-8-12-19(29-3)13-9-17/h4-14,22H,15H2,1-3H3,(H,24,27)/t22-/m0/s1. The summed E-state index contributed by atoms with van der Waals surface area (Å²) in [6.07, 6.45) is 0.247. The molecule has 0 spiro atoms. The highest BCUT2D eigenvalue weighted by Crippen LogP contribution is 2.26. The highest BCUT2D eigenvalue weighted by molar-refractivity contribution is 7.10. The molecule has 0 saturated heterocycles. The van der Waals surface area contributed by atoms with Crippen LogP contribution in [-0.4, -0.2) is 38.0 Å². The number of hydrogen-bond donors (Lipinski definition) is 1. The number of benzene rings is 2. The Morgan fingerprint density at radius 3 is 2.10 bits per heavy atom. The molecule has 0 aliphatic rings. The molecule has 1 aromatic heterocycles. The summed E-state index contributed by atoms with van der Waals surface area (Å²) in [7, 11) is 4.82. The Morgan fingerprint density at radius 2 is 1.57 bits per heavy atom. The van der Waals surface area contributed by atoms with Crippen molar-refractivity contribution in [1.29, 1.82) is 0 Å². The Kier molecular flexibility index (Phi) is 7.08. The zero-order chi connectivity index (χ0) is 21.5. The van der Waals surface area contributed by atoms with E-state index in [4.69, 9.17) is 9.47 Å². The quantitative estimate of drug-likeness (QED) is 0.590. The molecule has 1 N–H and O–H groups in total. The van der Waals surface area contributed by atoms with E-state index in [2.05, 4.69) is 5.32 Å². The predicted molar refractivity (Wildman–Crippen MR) is 118 cm³/mol. The summed E-state index contributed by atoms with van der Waals surface area (Å²) in [4.78, 5) is 28.5. The van der Waals surface area contributed by atoms with Gasteiger partial charge in [-0.15, -0.1) is 11.3 Å². The van der Waals surface area contributed by atoms with Gasteiger partial charge in [-0.25, -0.2) is 0 Å². The van der Waals surface area contributed by atoms with Crippen LogP contribution in [0.1, 0.15) is 16.5 Å². The van der Waals surface area contributed by atoms with Gasteiger partial charge in [0, 0.05) is 17.6 Å². The first kappa shape index (κ1) is 21.4. The SMILES string of the molecule is COc1ccc(NC(=O)[C@H](c2ccc(OC)cc2)N(C)C(=O)Cc2cccs2)cc1. The van der Waals surface area contributed by atoms with Crippen molar-refractivity contribution in [1.82, 2.24) is 4.90 Å². The summed E-state index contributed by atoms with van der Waals surface area (Å²) in [6.45, 7) is 0. The molecule has 156 valence electrons. The monoisotopic (exact) mass is 424 g/mol. The topological polar surface area (TPSA) is 67.9 Å². The molecule has 3 aromatic rings. The van der Waals surface area contributed by atoms with Crippen LogP contribution in [0.2, 0.25) is 0 Å². The molecule has 0 radical (unpaired) electrons. The van der Waals surface area contributed by atoms with Crippen LogP contribution < -0.4 is 14.8 Å². The van der Waals surface area contributed by atoms with Gasteiger partial charge in [0.1, 0.15) is 17.5 Å². The second kappa shape index (κ2) is 9.93. The minimum absolute atomic E-state index is 0.136. The lowest BCUT2D eigenvalue weighted by Gasteiger charge is -2.28. The number of hydrogen-bond acceptors (Lipinski definition) is 5. The fraction of sp³-hybridized carbons (Fsp3) is 0.217. The number of likely N-dealkylation sites (N-methyl/N-ethyl adjacent to an activating group) is 1. The van der Waals surface area contributed by atoms with Crippen molar-refractivity contribution in [3.8, 4) is 11.5 Å². The maximum Gasteiger partial charge on any atom is 0.251 e. The summed E-state index contributed by atoms with van der Waals surface area (Å²) in [6, 6.07) is 17.2. The van der Waals surface area contributed by atoms with Crippen molar-refractivity contribution in [3.05, 3.63) is 76.5 Å². The molecular formula is C23H24N2O4S. The lowest BCUT2D eigenvalue weighted by atomic mass is 10.0. The van der Waals surface area contributed by atoms with Crippen LogP contribution in [0.4, 0.5) is 5.69 Å². The number of rotatable bonds is 8. The zero-order valence-corrected chi connectivity index (χ0v) is 17.9. The van der Waals surface area contributed by atoms with E-state index in [1.54, 1.807) is 69.8 Å². The van der Waals surface area contributed by atoms with Crippen LogP contribution >= 0.6 is 11.3 Å². The summed E-state index contributed by atoms with van der Waals surface area (Å²) in [5, 5.41) is 4.83. The first-order valence-corrected chi connectivity index (χ1v) is 10.3. The maximum absolute atomic E-state index is 13.2. The number of thiophene rings is 1. The first-order chi connectivity index (χ1) is 14.5. The number of ether oxygens (including phenoxy) is 2. The number of anilines is 1. The van der Waals surface area contributed by atoms with Gasteiger partial charge >= 0.3 is 0 Å². The first-order valence-electron chi connectivity index (χ1n) is 9.38. The molecule has 2 amide bonds. The van der Waals surface area contributed by atoms with Gasteiger partial charge in [0.15, 0.2) is 0 Å². The molecule has 7 heteroatoms. The van der Waals surface area contributed by atoms with Crippen LogP contribution in [0, 0.1) is 0 Å². The molecule has 3 rings (SSSR count).